The van der Waals surface area contributed by atoms with E-state index in [4.69, 9.17) is 25.5 Å². The minimum atomic E-state index is -4.60. The zero-order valence-corrected chi connectivity index (χ0v) is 28.7. The molecular weight excluding hydrogens is 691 g/mol. The largest absolute Gasteiger partial charge is 0.492 e. The lowest BCUT2D eigenvalue weighted by atomic mass is 9.92. The highest BCUT2D eigenvalue weighted by molar-refractivity contribution is 6.32. The van der Waals surface area contributed by atoms with Crippen LogP contribution < -0.4 is 25.4 Å². The Kier molecular flexibility index (Phi) is 12.0. The van der Waals surface area contributed by atoms with Gasteiger partial charge in [0, 0.05) is 49.4 Å². The molecule has 0 spiro atoms. The molecule has 6 bridgehead atoms. The summed E-state index contributed by atoms with van der Waals surface area (Å²) in [7, 11) is 0. The first-order valence-corrected chi connectivity index (χ1v) is 16.4. The number of anilines is 3. The molecule has 270 valence electrons. The van der Waals surface area contributed by atoms with Crippen molar-refractivity contribution in [3.05, 3.63) is 88.8 Å². The summed E-state index contributed by atoms with van der Waals surface area (Å²) in [6.07, 6.45) is 2.86. The summed E-state index contributed by atoms with van der Waals surface area (Å²) >= 11 is 6.52. The Morgan fingerprint density at radius 2 is 1.86 bits per heavy atom. The normalized spacial score (nSPS) is 15.7. The van der Waals surface area contributed by atoms with E-state index in [0.717, 1.165) is 5.56 Å². The van der Waals surface area contributed by atoms with Gasteiger partial charge in [0.25, 0.3) is 5.91 Å². The van der Waals surface area contributed by atoms with Gasteiger partial charge in [0.05, 0.1) is 24.2 Å². The Bertz CT molecular complexity index is 1820. The first kappa shape index (κ1) is 37.0. The summed E-state index contributed by atoms with van der Waals surface area (Å²) in [5.74, 6) is -0.0911. The molecule has 12 nitrogen and oxygen atoms in total. The standard InChI is InChI=1S/C35H37ClF3N7O5/c1-34(2)20-41-30(48)25-8-10-26(11-9-25)42-32-43-31(44-33(45-32)51-22-35(37,38)39)40-18-24-7-12-28(27(36)17-24)50-15-4-14-46(21-34)29(47)6-3-5-23-13-16-49-19-23/h3,5,7-13,16-17,19H,4,6,14-15,18,20-22H2,1-2H3,(H,41,48)(H2,40,42,43,44,45)/b5-3+. The maximum atomic E-state index is 13.4. The number of carbonyl (C=O) groups is 2. The van der Waals surface area contributed by atoms with E-state index in [1.54, 1.807) is 72.0 Å². The predicted octanol–water partition coefficient (Wildman–Crippen LogP) is 6.89. The maximum Gasteiger partial charge on any atom is 0.422 e. The number of rotatable bonds is 5. The average Bonchev–Trinajstić information content (AvgIpc) is 3.61. The predicted molar refractivity (Wildman–Crippen MR) is 185 cm³/mol. The third-order valence-corrected chi connectivity index (χ3v) is 7.80. The Hall–Kier alpha value is -5.31. The number of amides is 2. The molecule has 8 rings (SSSR count). The van der Waals surface area contributed by atoms with Gasteiger partial charge in [0.2, 0.25) is 17.8 Å². The Morgan fingerprint density at radius 3 is 2.59 bits per heavy atom. The van der Waals surface area contributed by atoms with Crippen molar-refractivity contribution in [3.8, 4) is 11.8 Å². The summed E-state index contributed by atoms with van der Waals surface area (Å²) in [4.78, 5) is 40.5. The topological polar surface area (TPSA) is 144 Å². The summed E-state index contributed by atoms with van der Waals surface area (Å²) < 4.78 is 54.5. The number of halogens is 4. The van der Waals surface area contributed by atoms with Gasteiger partial charge in [0.1, 0.15) is 5.75 Å². The lowest BCUT2D eigenvalue weighted by molar-refractivity contribution is -0.154. The van der Waals surface area contributed by atoms with Gasteiger partial charge in [-0.2, -0.15) is 28.1 Å². The number of ether oxygens (including phenoxy) is 2. The van der Waals surface area contributed by atoms with Gasteiger partial charge < -0.3 is 34.7 Å². The van der Waals surface area contributed by atoms with E-state index in [1.807, 2.05) is 19.9 Å². The molecule has 6 heterocycles. The van der Waals surface area contributed by atoms with Crippen LogP contribution in [-0.4, -0.2) is 70.7 Å². The summed E-state index contributed by atoms with van der Waals surface area (Å²) in [5, 5.41) is 9.17. The Labute approximate surface area is 297 Å². The van der Waals surface area contributed by atoms with Crippen LogP contribution in [0.1, 0.15) is 48.2 Å². The van der Waals surface area contributed by atoms with E-state index >= 15 is 0 Å². The monoisotopic (exact) mass is 727 g/mol. The Morgan fingerprint density at radius 1 is 1.08 bits per heavy atom. The lowest BCUT2D eigenvalue weighted by Gasteiger charge is -2.33. The highest BCUT2D eigenvalue weighted by Gasteiger charge is 2.29. The van der Waals surface area contributed by atoms with Crippen LogP contribution in [0.3, 0.4) is 0 Å². The van der Waals surface area contributed by atoms with Crippen LogP contribution in [0, 0.1) is 5.41 Å². The van der Waals surface area contributed by atoms with E-state index in [0.29, 0.717) is 47.1 Å². The molecule has 4 aliphatic heterocycles. The molecule has 2 amide bonds. The Balaban J connectivity index is 1.36. The van der Waals surface area contributed by atoms with Crippen molar-refractivity contribution < 1.29 is 36.7 Å². The molecule has 0 saturated carbocycles. The fraction of sp³-hybridized carbons (Fsp3) is 0.343. The highest BCUT2D eigenvalue weighted by Crippen LogP contribution is 2.27. The second-order valence-corrected chi connectivity index (χ2v) is 12.9. The smallest absolute Gasteiger partial charge is 0.422 e. The van der Waals surface area contributed by atoms with E-state index in [1.165, 1.54) is 0 Å². The minimum Gasteiger partial charge on any atom is -0.492 e. The van der Waals surface area contributed by atoms with Gasteiger partial charge in [0.15, 0.2) is 6.61 Å². The lowest BCUT2D eigenvalue weighted by Crippen LogP contribution is -2.45. The van der Waals surface area contributed by atoms with Crippen LogP contribution in [0.4, 0.5) is 30.8 Å². The number of nitrogens with zero attached hydrogens (tertiary/aromatic N) is 4. The molecule has 51 heavy (non-hydrogen) atoms. The molecule has 0 fully saturated rings. The first-order chi connectivity index (χ1) is 24.3. The molecule has 0 radical (unpaired) electrons. The number of aromatic nitrogens is 3. The van der Waals surface area contributed by atoms with Crippen LogP contribution in [0.5, 0.6) is 11.8 Å². The molecule has 4 aliphatic rings. The molecule has 0 atom stereocenters. The van der Waals surface area contributed by atoms with Gasteiger partial charge in [-0.1, -0.05) is 43.7 Å². The van der Waals surface area contributed by atoms with Crippen molar-refractivity contribution >= 4 is 47.1 Å². The molecule has 0 unspecified atom stereocenters. The molecule has 0 saturated heterocycles. The van der Waals surface area contributed by atoms with Crippen molar-refractivity contribution in [1.82, 2.24) is 25.2 Å². The number of hydrogen-bond acceptors (Lipinski definition) is 10. The molecular formula is C35H37ClF3N7O5. The van der Waals surface area contributed by atoms with Crippen LogP contribution in [-0.2, 0) is 11.3 Å². The zero-order valence-electron chi connectivity index (χ0n) is 27.9. The van der Waals surface area contributed by atoms with Crippen molar-refractivity contribution in [2.24, 2.45) is 5.41 Å². The molecule has 4 aromatic rings. The van der Waals surface area contributed by atoms with Crippen molar-refractivity contribution in [3.63, 3.8) is 0 Å². The summed E-state index contributed by atoms with van der Waals surface area (Å²) in [6.45, 7) is 3.84. The van der Waals surface area contributed by atoms with E-state index < -0.39 is 24.2 Å². The van der Waals surface area contributed by atoms with Crippen molar-refractivity contribution in [1.29, 1.82) is 0 Å². The van der Waals surface area contributed by atoms with Gasteiger partial charge >= 0.3 is 12.2 Å². The molecule has 2 aromatic heterocycles. The third kappa shape index (κ3) is 11.6. The van der Waals surface area contributed by atoms with Crippen molar-refractivity contribution in [2.75, 3.05) is 43.5 Å². The maximum absolute atomic E-state index is 13.4. The van der Waals surface area contributed by atoms with E-state index in [9.17, 15) is 22.8 Å². The van der Waals surface area contributed by atoms with Gasteiger partial charge in [-0.25, -0.2) is 0 Å². The van der Waals surface area contributed by atoms with Crippen molar-refractivity contribution in [2.45, 2.75) is 39.4 Å². The van der Waals surface area contributed by atoms with Crippen LogP contribution in [0.15, 0.2) is 71.6 Å². The van der Waals surface area contributed by atoms with Crippen LogP contribution in [0.25, 0.3) is 6.08 Å². The summed E-state index contributed by atoms with van der Waals surface area (Å²) in [6, 6.07) is 12.8. The number of hydrogen-bond donors (Lipinski definition) is 3. The van der Waals surface area contributed by atoms with Crippen LogP contribution >= 0.6 is 11.6 Å². The number of benzene rings is 2. The number of furan rings is 1. The second kappa shape index (κ2) is 16.6. The fourth-order valence-electron chi connectivity index (χ4n) is 5.01. The third-order valence-electron chi connectivity index (χ3n) is 7.50. The molecule has 16 heteroatoms. The van der Waals surface area contributed by atoms with Gasteiger partial charge in [-0.05, 0) is 59.9 Å². The average molecular weight is 728 g/mol. The number of nitrogens with one attached hydrogen (secondary N) is 3. The quantitative estimate of drug-likeness (QED) is 0.199. The van der Waals surface area contributed by atoms with E-state index in [2.05, 4.69) is 30.9 Å². The zero-order chi connectivity index (χ0) is 36.4. The first-order valence-electron chi connectivity index (χ1n) is 16.0. The minimum absolute atomic E-state index is 0.0507. The van der Waals surface area contributed by atoms with Gasteiger partial charge in [-0.3, -0.25) is 9.59 Å². The van der Waals surface area contributed by atoms with Gasteiger partial charge in [-0.15, -0.1) is 0 Å². The SMILES string of the molecule is CC1(C)CNC(=O)c2ccc(cc2)Nc2nc(nc(OCC(F)(F)F)n2)NCc2ccc(c(Cl)c2)OCCCN(C(=O)C/C=C/c2ccoc2)C1. The van der Waals surface area contributed by atoms with Crippen LogP contribution in [0.2, 0.25) is 5.02 Å². The molecule has 2 aromatic carbocycles. The molecule has 3 N–H and O–H groups in total. The fourth-order valence-corrected chi connectivity index (χ4v) is 5.27. The second-order valence-electron chi connectivity index (χ2n) is 12.5. The highest BCUT2D eigenvalue weighted by atomic mass is 35.5. The summed E-state index contributed by atoms with van der Waals surface area (Å²) in [5.41, 5.74) is 1.90. The number of alkyl halides is 3. The molecule has 0 aliphatic carbocycles. The number of carbonyl (C=O) groups excluding carboxylic acids is 2. The van der Waals surface area contributed by atoms with E-state index in [-0.39, 0.29) is 49.8 Å².